The molecule has 0 aliphatic heterocycles. The predicted octanol–water partition coefficient (Wildman–Crippen LogP) is 6.16. The average Bonchev–Trinajstić information content (AvgIpc) is 2.66. The predicted molar refractivity (Wildman–Crippen MR) is 119 cm³/mol. The summed E-state index contributed by atoms with van der Waals surface area (Å²) in [5, 5.41) is 1.00. The molecule has 152 valence electrons. The molecule has 2 N–H and O–H groups in total. The highest BCUT2D eigenvalue weighted by Crippen LogP contribution is 2.38. The Hall–Kier alpha value is -2.07. The van der Waals surface area contributed by atoms with Crippen molar-refractivity contribution in [1.82, 2.24) is 4.98 Å². The van der Waals surface area contributed by atoms with E-state index in [-0.39, 0.29) is 10.8 Å². The molecule has 0 saturated carbocycles. The van der Waals surface area contributed by atoms with E-state index in [0.717, 1.165) is 16.4 Å². The topological polar surface area (TPSA) is 65.2 Å². The molecule has 0 spiro atoms. The van der Waals surface area contributed by atoms with Crippen LogP contribution in [0.2, 0.25) is 10.0 Å². The summed E-state index contributed by atoms with van der Waals surface area (Å²) in [5.41, 5.74) is 7.94. The van der Waals surface area contributed by atoms with Crippen molar-refractivity contribution in [3.8, 4) is 16.9 Å². The Labute approximate surface area is 179 Å². The summed E-state index contributed by atoms with van der Waals surface area (Å²) in [6.07, 6.45) is 0.972. The number of nitrogens with two attached hydrogens (primary N) is 1. The minimum atomic E-state index is -2.33. The second-order valence-electron chi connectivity index (χ2n) is 7.02. The van der Waals surface area contributed by atoms with Crippen molar-refractivity contribution in [3.05, 3.63) is 70.1 Å². The monoisotopic (exact) mass is 452 g/mol. The van der Waals surface area contributed by atoms with Gasteiger partial charge in [0.25, 0.3) is 0 Å². The maximum Gasteiger partial charge on any atom is 0.166 e. The average molecular weight is 453 g/mol. The van der Waals surface area contributed by atoms with E-state index in [1.165, 1.54) is 12.1 Å². The van der Waals surface area contributed by atoms with E-state index in [0.29, 0.717) is 16.3 Å². The molecular formula is C21H20Cl2FN2O2P. The third kappa shape index (κ3) is 4.75. The second-order valence-corrected chi connectivity index (χ2v) is 11.0. The van der Waals surface area contributed by atoms with E-state index in [2.05, 4.69) is 4.98 Å². The lowest BCUT2D eigenvalue weighted by Gasteiger charge is -2.19. The van der Waals surface area contributed by atoms with Gasteiger partial charge in [-0.1, -0.05) is 47.5 Å². The Morgan fingerprint density at radius 2 is 1.76 bits per heavy atom. The fourth-order valence-electron chi connectivity index (χ4n) is 2.89. The molecule has 4 nitrogen and oxygen atoms in total. The maximum absolute atomic E-state index is 13.8. The quantitative estimate of drug-likeness (QED) is 0.371. The van der Waals surface area contributed by atoms with E-state index < -0.39 is 19.1 Å². The number of benzene rings is 2. The number of nitrogens with zero attached hydrogens (tertiary/aromatic N) is 1. The molecule has 1 heterocycles. The summed E-state index contributed by atoms with van der Waals surface area (Å²) >= 11 is 12.2. The second kappa shape index (κ2) is 8.35. The van der Waals surface area contributed by atoms with Gasteiger partial charge in [0.15, 0.2) is 11.6 Å². The van der Waals surface area contributed by atoms with Gasteiger partial charge in [-0.05, 0) is 44.0 Å². The van der Waals surface area contributed by atoms with Crippen LogP contribution in [-0.4, -0.2) is 18.3 Å². The van der Waals surface area contributed by atoms with Gasteiger partial charge in [0.05, 0.1) is 5.02 Å². The lowest BCUT2D eigenvalue weighted by molar-refractivity contribution is 0.227. The van der Waals surface area contributed by atoms with Gasteiger partial charge in [-0.3, -0.25) is 0 Å². The fraction of sp³-hybridized carbons (Fsp3) is 0.190. The zero-order chi connectivity index (χ0) is 21.3. The van der Waals surface area contributed by atoms with Crippen molar-refractivity contribution in [2.75, 3.05) is 19.1 Å². The van der Waals surface area contributed by atoms with Gasteiger partial charge >= 0.3 is 0 Å². The van der Waals surface area contributed by atoms with Gasteiger partial charge in [-0.2, -0.15) is 0 Å². The van der Waals surface area contributed by atoms with Crippen LogP contribution in [0, 0.1) is 5.82 Å². The van der Waals surface area contributed by atoms with Gasteiger partial charge in [-0.15, -0.1) is 0 Å². The first-order valence-electron chi connectivity index (χ1n) is 8.79. The molecule has 0 fully saturated rings. The first kappa shape index (κ1) is 21.6. The highest BCUT2D eigenvalue weighted by atomic mass is 35.5. The zero-order valence-electron chi connectivity index (χ0n) is 16.1. The molecule has 8 heteroatoms. The Morgan fingerprint density at radius 1 is 1.10 bits per heavy atom. The molecule has 2 aromatic carbocycles. The number of hydrogen-bond donors (Lipinski definition) is 1. The number of rotatable bonds is 5. The molecule has 3 aromatic rings. The molecule has 0 saturated heterocycles. The van der Waals surface area contributed by atoms with E-state index in [4.69, 9.17) is 33.7 Å². The molecule has 0 aliphatic rings. The molecule has 0 radical (unpaired) electrons. The van der Waals surface area contributed by atoms with Crippen molar-refractivity contribution in [2.24, 2.45) is 0 Å². The van der Waals surface area contributed by atoms with Crippen LogP contribution in [0.5, 0.6) is 5.75 Å². The van der Waals surface area contributed by atoms with Gasteiger partial charge in [0.1, 0.15) is 19.1 Å². The molecule has 29 heavy (non-hydrogen) atoms. The van der Waals surface area contributed by atoms with Crippen molar-refractivity contribution in [2.45, 2.75) is 13.0 Å². The number of nitrogen functional groups attached to an aromatic ring is 1. The Balaban J connectivity index is 1.92. The minimum absolute atomic E-state index is 0.0909. The lowest BCUT2D eigenvalue weighted by Crippen LogP contribution is -2.08. The first-order valence-corrected chi connectivity index (χ1v) is 12.1. The van der Waals surface area contributed by atoms with Crippen LogP contribution in [0.4, 0.5) is 10.2 Å². The van der Waals surface area contributed by atoms with E-state index in [9.17, 15) is 8.96 Å². The van der Waals surface area contributed by atoms with Crippen LogP contribution in [0.25, 0.3) is 11.1 Å². The Kier molecular flexibility index (Phi) is 6.23. The Bertz CT molecular complexity index is 1100. The number of hydrogen-bond acceptors (Lipinski definition) is 4. The van der Waals surface area contributed by atoms with Crippen LogP contribution >= 0.6 is 30.3 Å². The third-order valence-electron chi connectivity index (χ3n) is 4.49. The minimum Gasteiger partial charge on any atom is -0.482 e. The summed E-state index contributed by atoms with van der Waals surface area (Å²) in [4.78, 5) is 4.19. The number of aromatic nitrogens is 1. The van der Waals surface area contributed by atoms with Crippen LogP contribution < -0.4 is 15.8 Å². The largest absolute Gasteiger partial charge is 0.482 e. The normalized spacial score (nSPS) is 12.6. The van der Waals surface area contributed by atoms with Crippen LogP contribution in [0.15, 0.2) is 48.7 Å². The molecule has 0 aliphatic carbocycles. The smallest absolute Gasteiger partial charge is 0.166 e. The number of halogens is 3. The highest BCUT2D eigenvalue weighted by molar-refractivity contribution is 7.70. The van der Waals surface area contributed by atoms with Gasteiger partial charge < -0.3 is 15.0 Å². The number of pyridine rings is 1. The SMILES string of the molecule is CC(Oc1cc(-c2ccc(P(C)(C)=O)cc2)cnc1N)c1c(Cl)ccc(F)c1Cl. The lowest BCUT2D eigenvalue weighted by atomic mass is 10.1. The summed E-state index contributed by atoms with van der Waals surface area (Å²) in [6, 6.07) is 11.8. The summed E-state index contributed by atoms with van der Waals surface area (Å²) in [7, 11) is -2.33. The molecule has 1 atom stereocenters. The van der Waals surface area contributed by atoms with E-state index in [1.54, 1.807) is 32.5 Å². The summed E-state index contributed by atoms with van der Waals surface area (Å²) < 4.78 is 32.0. The number of ether oxygens (including phenoxy) is 1. The maximum atomic E-state index is 13.8. The molecular weight excluding hydrogens is 433 g/mol. The summed E-state index contributed by atoms with van der Waals surface area (Å²) in [6.45, 7) is 5.15. The van der Waals surface area contributed by atoms with Crippen molar-refractivity contribution in [3.63, 3.8) is 0 Å². The van der Waals surface area contributed by atoms with Gasteiger partial charge in [-0.25, -0.2) is 9.37 Å². The van der Waals surface area contributed by atoms with Crippen molar-refractivity contribution >= 4 is 41.5 Å². The van der Waals surface area contributed by atoms with E-state index >= 15 is 0 Å². The van der Waals surface area contributed by atoms with Gasteiger partial charge in [0, 0.05) is 27.7 Å². The molecule has 1 aromatic heterocycles. The third-order valence-corrected chi connectivity index (χ3v) is 6.75. The Morgan fingerprint density at radius 3 is 2.38 bits per heavy atom. The first-order chi connectivity index (χ1) is 13.6. The molecule has 3 rings (SSSR count). The van der Waals surface area contributed by atoms with Crippen LogP contribution in [0.3, 0.4) is 0 Å². The highest BCUT2D eigenvalue weighted by Gasteiger charge is 2.20. The number of anilines is 1. The van der Waals surface area contributed by atoms with Crippen molar-refractivity contribution < 1.29 is 13.7 Å². The van der Waals surface area contributed by atoms with Crippen molar-refractivity contribution in [1.29, 1.82) is 0 Å². The zero-order valence-corrected chi connectivity index (χ0v) is 18.5. The fourth-order valence-corrected chi connectivity index (χ4v) is 4.43. The summed E-state index contributed by atoms with van der Waals surface area (Å²) in [5.74, 6) is -0.0646. The van der Waals surface area contributed by atoms with Crippen LogP contribution in [-0.2, 0) is 4.57 Å². The van der Waals surface area contributed by atoms with E-state index in [1.807, 2.05) is 24.3 Å². The molecule has 0 amide bonds. The molecule has 1 unspecified atom stereocenters. The van der Waals surface area contributed by atoms with Gasteiger partial charge in [0.2, 0.25) is 0 Å². The standard InChI is InChI=1S/C21H20Cl2FN2O2P/c1-12(19-16(22)8-9-17(24)20(19)23)28-18-10-14(11-26-21(18)25)13-4-6-15(7-5-13)29(2,3)27/h4-12H,1-3H3,(H2,25,26). The molecule has 0 bridgehead atoms. The van der Waals surface area contributed by atoms with Crippen LogP contribution in [0.1, 0.15) is 18.6 Å².